The van der Waals surface area contributed by atoms with Gasteiger partial charge in [-0.15, -0.1) is 0 Å². The van der Waals surface area contributed by atoms with Crippen molar-refractivity contribution in [1.29, 1.82) is 0 Å². The topological polar surface area (TPSA) is 3.24 Å². The van der Waals surface area contributed by atoms with E-state index in [9.17, 15) is 0 Å². The lowest BCUT2D eigenvalue weighted by Crippen LogP contribution is -2.26. The molecule has 2 aliphatic carbocycles. The molecule has 0 atom stereocenters. The summed E-state index contributed by atoms with van der Waals surface area (Å²) in [6.07, 6.45) is 0. The Labute approximate surface area is 316 Å². The average Bonchev–Trinajstić information content (AvgIpc) is 3.72. The molecule has 0 N–H and O–H groups in total. The van der Waals surface area contributed by atoms with Gasteiger partial charge in [-0.1, -0.05) is 176 Å². The normalized spacial score (nSPS) is 13.0. The van der Waals surface area contributed by atoms with E-state index in [1.54, 1.807) is 0 Å². The average molecular weight is 686 g/mol. The Balaban J connectivity index is 1.18. The van der Waals surface area contributed by atoms with Crippen LogP contribution in [0.4, 0.5) is 17.1 Å². The third kappa shape index (κ3) is 4.45. The minimum absolute atomic E-state index is 0.452. The summed E-state index contributed by atoms with van der Waals surface area (Å²) in [6.45, 7) is 0. The zero-order valence-electron chi connectivity index (χ0n) is 29.7. The van der Waals surface area contributed by atoms with E-state index in [1.807, 2.05) is 0 Å². The fraction of sp³-hybridized carbons (Fsp3) is 0.0189. The smallest absolute Gasteiger partial charge is 0.0726 e. The molecule has 0 saturated carbocycles. The van der Waals surface area contributed by atoms with Crippen LogP contribution in [0.5, 0.6) is 0 Å². The molecular weight excluding hydrogens is 651 g/mol. The first-order valence-corrected chi connectivity index (χ1v) is 18.8. The third-order valence-electron chi connectivity index (χ3n) is 11.7. The van der Waals surface area contributed by atoms with Gasteiger partial charge in [0.15, 0.2) is 0 Å². The van der Waals surface area contributed by atoms with E-state index in [2.05, 4.69) is 217 Å². The van der Waals surface area contributed by atoms with Crippen molar-refractivity contribution in [1.82, 2.24) is 0 Å². The molecule has 2 aliphatic rings. The van der Waals surface area contributed by atoms with Crippen molar-refractivity contribution in [2.24, 2.45) is 0 Å². The second kappa shape index (κ2) is 12.0. The molecule has 54 heavy (non-hydrogen) atoms. The maximum atomic E-state index is 2.49. The Bertz CT molecular complexity index is 2820. The molecule has 252 valence electrons. The highest BCUT2D eigenvalue weighted by atomic mass is 15.1. The Morgan fingerprint density at radius 2 is 0.852 bits per heavy atom. The van der Waals surface area contributed by atoms with Crippen LogP contribution in [-0.4, -0.2) is 0 Å². The Hall–Kier alpha value is -6.96. The van der Waals surface area contributed by atoms with Crippen molar-refractivity contribution in [2.75, 3.05) is 4.90 Å². The number of benzene rings is 9. The van der Waals surface area contributed by atoms with Crippen LogP contribution in [0.1, 0.15) is 22.3 Å². The maximum Gasteiger partial charge on any atom is 0.0726 e. The van der Waals surface area contributed by atoms with Gasteiger partial charge in [0.25, 0.3) is 0 Å². The highest BCUT2D eigenvalue weighted by Gasteiger charge is 2.52. The van der Waals surface area contributed by atoms with Crippen LogP contribution in [0.25, 0.3) is 55.3 Å². The molecule has 0 radical (unpaired) electrons. The Morgan fingerprint density at radius 3 is 1.57 bits per heavy atom. The summed E-state index contributed by atoms with van der Waals surface area (Å²) in [4.78, 5) is 2.43. The fourth-order valence-corrected chi connectivity index (χ4v) is 9.37. The van der Waals surface area contributed by atoms with Crippen LogP contribution in [0.3, 0.4) is 0 Å². The van der Waals surface area contributed by atoms with Gasteiger partial charge in [-0.3, -0.25) is 0 Å². The number of hydrogen-bond donors (Lipinski definition) is 0. The first-order valence-electron chi connectivity index (χ1n) is 18.8. The Morgan fingerprint density at radius 1 is 0.296 bits per heavy atom. The van der Waals surface area contributed by atoms with Crippen LogP contribution in [0, 0.1) is 0 Å². The van der Waals surface area contributed by atoms with Gasteiger partial charge in [-0.05, 0) is 114 Å². The number of hydrogen-bond acceptors (Lipinski definition) is 1. The van der Waals surface area contributed by atoms with Gasteiger partial charge in [0.05, 0.1) is 5.41 Å². The van der Waals surface area contributed by atoms with Crippen LogP contribution in [0.2, 0.25) is 0 Å². The SMILES string of the molecule is c1ccc(-c2ccc(N(c3cccc(-c4ccccc4)c3)c3ccc4c(c3)C3(c5ccccc5-c5ccccc53)c3ccc5ccccc5c3-4)cc2)cc1. The van der Waals surface area contributed by atoms with E-state index in [0.717, 1.165) is 17.1 Å². The van der Waals surface area contributed by atoms with Crippen LogP contribution >= 0.6 is 0 Å². The third-order valence-corrected chi connectivity index (χ3v) is 11.7. The number of rotatable bonds is 5. The number of nitrogens with zero attached hydrogens (tertiary/aromatic N) is 1. The molecule has 0 amide bonds. The fourth-order valence-electron chi connectivity index (χ4n) is 9.37. The number of anilines is 3. The monoisotopic (exact) mass is 685 g/mol. The van der Waals surface area contributed by atoms with E-state index in [4.69, 9.17) is 0 Å². The largest absolute Gasteiger partial charge is 0.310 e. The van der Waals surface area contributed by atoms with Crippen molar-refractivity contribution < 1.29 is 0 Å². The van der Waals surface area contributed by atoms with E-state index in [0.29, 0.717) is 0 Å². The van der Waals surface area contributed by atoms with Crippen LogP contribution in [0.15, 0.2) is 212 Å². The predicted molar refractivity (Wildman–Crippen MR) is 226 cm³/mol. The molecule has 0 fully saturated rings. The molecule has 1 spiro atoms. The molecule has 0 unspecified atom stereocenters. The zero-order chi connectivity index (χ0) is 35.6. The molecule has 1 heteroatoms. The van der Waals surface area contributed by atoms with Crippen molar-refractivity contribution in [3.05, 3.63) is 235 Å². The van der Waals surface area contributed by atoms with Crippen LogP contribution in [-0.2, 0) is 5.41 Å². The standard InChI is InChI=1S/C53H35N/c1-3-14-36(15-4-1)38-26-29-41(30-27-38)54(42-20-13-19-40(34-42)37-16-5-2-6-17-37)43-31-32-47-51(35-43)53(50-33-28-39-18-7-8-21-44(39)52(47)50)48-24-11-9-22-45(48)46-23-10-12-25-49(46)53/h1-35H. The molecule has 0 aliphatic heterocycles. The summed E-state index contributed by atoms with van der Waals surface area (Å²) in [7, 11) is 0. The maximum absolute atomic E-state index is 2.49. The lowest BCUT2D eigenvalue weighted by molar-refractivity contribution is 0.794. The van der Waals surface area contributed by atoms with E-state index < -0.39 is 5.41 Å². The molecule has 1 nitrogen and oxygen atoms in total. The van der Waals surface area contributed by atoms with Crippen molar-refractivity contribution >= 4 is 27.8 Å². The first kappa shape index (κ1) is 30.6. The quantitative estimate of drug-likeness (QED) is 0.174. The van der Waals surface area contributed by atoms with E-state index >= 15 is 0 Å². The molecule has 0 heterocycles. The molecular formula is C53H35N. The van der Waals surface area contributed by atoms with Crippen LogP contribution < -0.4 is 4.90 Å². The molecule has 9 aromatic rings. The second-order valence-corrected chi connectivity index (χ2v) is 14.4. The summed E-state index contributed by atoms with van der Waals surface area (Å²) >= 11 is 0. The lowest BCUT2D eigenvalue weighted by atomic mass is 9.70. The van der Waals surface area contributed by atoms with Crippen molar-refractivity contribution in [3.8, 4) is 44.5 Å². The van der Waals surface area contributed by atoms with Gasteiger partial charge in [-0.2, -0.15) is 0 Å². The van der Waals surface area contributed by atoms with Gasteiger partial charge in [0.1, 0.15) is 0 Å². The first-order chi connectivity index (χ1) is 26.8. The van der Waals surface area contributed by atoms with Gasteiger partial charge in [0, 0.05) is 17.1 Å². The molecule has 0 saturated heterocycles. The molecule has 0 aromatic heterocycles. The highest BCUT2D eigenvalue weighted by molar-refractivity contribution is 6.06. The predicted octanol–water partition coefficient (Wildman–Crippen LogP) is 14.0. The zero-order valence-corrected chi connectivity index (χ0v) is 29.7. The van der Waals surface area contributed by atoms with Crippen molar-refractivity contribution in [3.63, 3.8) is 0 Å². The van der Waals surface area contributed by atoms with Crippen molar-refractivity contribution in [2.45, 2.75) is 5.41 Å². The van der Waals surface area contributed by atoms with Gasteiger partial charge in [-0.25, -0.2) is 0 Å². The number of fused-ring (bicyclic) bond motifs is 12. The summed E-state index contributed by atoms with van der Waals surface area (Å²) < 4.78 is 0. The minimum atomic E-state index is -0.452. The Kier molecular flexibility index (Phi) is 6.84. The highest BCUT2D eigenvalue weighted by Crippen LogP contribution is 2.64. The minimum Gasteiger partial charge on any atom is -0.310 e. The molecule has 0 bridgehead atoms. The summed E-state index contributed by atoms with van der Waals surface area (Å²) in [5, 5.41) is 2.56. The van der Waals surface area contributed by atoms with E-state index in [-0.39, 0.29) is 0 Å². The second-order valence-electron chi connectivity index (χ2n) is 14.4. The van der Waals surface area contributed by atoms with E-state index in [1.165, 1.54) is 77.5 Å². The van der Waals surface area contributed by atoms with Gasteiger partial charge in [0.2, 0.25) is 0 Å². The van der Waals surface area contributed by atoms with Gasteiger partial charge >= 0.3 is 0 Å². The summed E-state index contributed by atoms with van der Waals surface area (Å²) in [5.74, 6) is 0. The molecule has 9 aromatic carbocycles. The lowest BCUT2D eigenvalue weighted by Gasteiger charge is -2.32. The summed E-state index contributed by atoms with van der Waals surface area (Å²) in [5.41, 5.74) is 18.4. The van der Waals surface area contributed by atoms with Gasteiger partial charge < -0.3 is 4.90 Å². The summed E-state index contributed by atoms with van der Waals surface area (Å²) in [6, 6.07) is 78.2. The molecule has 11 rings (SSSR count).